The molecule has 142 valence electrons. The number of hydrogen-bond donors (Lipinski definition) is 0. The highest BCUT2D eigenvalue weighted by Gasteiger charge is 2.15. The number of benzene rings is 3. The molecule has 0 aromatic heterocycles. The molecule has 3 nitrogen and oxygen atoms in total. The second kappa shape index (κ2) is 8.44. The number of aliphatic imine (C=N–C) groups is 1. The molecule has 0 aliphatic carbocycles. The Hall–Kier alpha value is -2.85. The molecule has 1 aliphatic heterocycles. The molecule has 1 heterocycles. The molecular weight excluding hydrogens is 375 g/mol. The molecule has 3 aromatic carbocycles. The van der Waals surface area contributed by atoms with Crippen molar-refractivity contribution in [2.24, 2.45) is 4.99 Å². The molecule has 0 saturated carbocycles. The molecule has 0 N–H and O–H groups in total. The van der Waals surface area contributed by atoms with E-state index in [0.717, 1.165) is 37.2 Å². The van der Waals surface area contributed by atoms with Crippen molar-refractivity contribution in [3.05, 3.63) is 83.1 Å². The summed E-state index contributed by atoms with van der Waals surface area (Å²) in [6.45, 7) is 1.85. The summed E-state index contributed by atoms with van der Waals surface area (Å²) in [5, 5.41) is 0.559. The van der Waals surface area contributed by atoms with Gasteiger partial charge in [0.15, 0.2) is 0 Å². The van der Waals surface area contributed by atoms with Gasteiger partial charge in [-0.2, -0.15) is 0 Å². The summed E-state index contributed by atoms with van der Waals surface area (Å²) in [5.41, 5.74) is 2.17. The maximum Gasteiger partial charge on any atom is 0.147 e. The minimum absolute atomic E-state index is 0.200. The number of rotatable bonds is 5. The largest absolute Gasteiger partial charge is 0.456 e. The second-order valence-corrected chi connectivity index (χ2v) is 7.10. The van der Waals surface area contributed by atoms with E-state index in [1.165, 1.54) is 6.07 Å². The predicted octanol–water partition coefficient (Wildman–Crippen LogP) is 6.62. The van der Waals surface area contributed by atoms with E-state index in [1.807, 2.05) is 54.6 Å². The van der Waals surface area contributed by atoms with Gasteiger partial charge in [0.25, 0.3) is 0 Å². The van der Waals surface area contributed by atoms with Gasteiger partial charge in [-0.05, 0) is 66.9 Å². The van der Waals surface area contributed by atoms with Gasteiger partial charge in [-0.3, -0.25) is 4.99 Å². The number of para-hydroxylation sites is 1. The number of anilines is 1. The minimum atomic E-state index is -0.200. The molecule has 0 amide bonds. The maximum atomic E-state index is 14.4. The second-order valence-electron chi connectivity index (χ2n) is 6.69. The van der Waals surface area contributed by atoms with Crippen LogP contribution in [0.5, 0.6) is 11.5 Å². The topological polar surface area (TPSA) is 24.8 Å². The van der Waals surface area contributed by atoms with E-state index < -0.39 is 0 Å². The van der Waals surface area contributed by atoms with Crippen LogP contribution in [0.4, 0.5) is 15.8 Å². The van der Waals surface area contributed by atoms with Crippen LogP contribution >= 0.6 is 11.6 Å². The number of hydrogen-bond acceptors (Lipinski definition) is 3. The lowest BCUT2D eigenvalue weighted by atomic mass is 10.2. The van der Waals surface area contributed by atoms with Gasteiger partial charge in [-0.15, -0.1) is 0 Å². The molecule has 1 aliphatic rings. The van der Waals surface area contributed by atoms with Crippen molar-refractivity contribution in [2.45, 2.75) is 12.8 Å². The Morgan fingerprint density at radius 2 is 1.71 bits per heavy atom. The first-order chi connectivity index (χ1) is 13.7. The number of halogens is 2. The van der Waals surface area contributed by atoms with Crippen molar-refractivity contribution in [1.29, 1.82) is 0 Å². The van der Waals surface area contributed by atoms with Gasteiger partial charge in [-0.1, -0.05) is 29.8 Å². The molecule has 0 spiro atoms. The van der Waals surface area contributed by atoms with Gasteiger partial charge in [0.05, 0.1) is 16.4 Å². The first-order valence-electron chi connectivity index (χ1n) is 9.30. The SMILES string of the molecule is Fc1cc(C=Nc2ccc(Oc3ccccc3Cl)cc2)ccc1N1CCCC1. The number of nitrogens with zero attached hydrogens (tertiary/aromatic N) is 2. The number of ether oxygens (including phenoxy) is 1. The molecule has 0 bridgehead atoms. The lowest BCUT2D eigenvalue weighted by Gasteiger charge is -2.18. The molecular formula is C23H20ClFN2O. The van der Waals surface area contributed by atoms with E-state index >= 15 is 0 Å². The molecule has 5 heteroatoms. The van der Waals surface area contributed by atoms with E-state index in [9.17, 15) is 4.39 Å². The third kappa shape index (κ3) is 4.34. The van der Waals surface area contributed by atoms with E-state index in [2.05, 4.69) is 9.89 Å². The van der Waals surface area contributed by atoms with Gasteiger partial charge in [-0.25, -0.2) is 4.39 Å². The highest BCUT2D eigenvalue weighted by Crippen LogP contribution is 2.30. The highest BCUT2D eigenvalue weighted by molar-refractivity contribution is 6.32. The van der Waals surface area contributed by atoms with E-state index in [0.29, 0.717) is 22.2 Å². The zero-order valence-corrected chi connectivity index (χ0v) is 16.1. The van der Waals surface area contributed by atoms with Crippen LogP contribution in [0.15, 0.2) is 71.7 Å². The van der Waals surface area contributed by atoms with Gasteiger partial charge >= 0.3 is 0 Å². The summed E-state index contributed by atoms with van der Waals surface area (Å²) in [6, 6.07) is 19.9. The van der Waals surface area contributed by atoms with Crippen LogP contribution in [0.1, 0.15) is 18.4 Å². The summed E-state index contributed by atoms with van der Waals surface area (Å²) >= 11 is 6.11. The Labute approximate surface area is 169 Å². The van der Waals surface area contributed by atoms with Gasteiger partial charge in [0, 0.05) is 19.3 Å². The van der Waals surface area contributed by atoms with E-state index in [4.69, 9.17) is 16.3 Å². The summed E-state index contributed by atoms with van der Waals surface area (Å²) in [4.78, 5) is 6.51. The monoisotopic (exact) mass is 394 g/mol. The van der Waals surface area contributed by atoms with Crippen molar-refractivity contribution in [1.82, 2.24) is 0 Å². The fraction of sp³-hybridized carbons (Fsp3) is 0.174. The lowest BCUT2D eigenvalue weighted by Crippen LogP contribution is -2.18. The third-order valence-electron chi connectivity index (χ3n) is 4.68. The fourth-order valence-corrected chi connectivity index (χ4v) is 3.40. The maximum absolute atomic E-state index is 14.4. The van der Waals surface area contributed by atoms with Gasteiger partial charge in [0.1, 0.15) is 17.3 Å². The molecule has 1 saturated heterocycles. The molecule has 28 heavy (non-hydrogen) atoms. The average molecular weight is 395 g/mol. The summed E-state index contributed by atoms with van der Waals surface area (Å²) in [5.74, 6) is 1.08. The highest BCUT2D eigenvalue weighted by atomic mass is 35.5. The normalized spacial score (nSPS) is 14.0. The Bertz CT molecular complexity index is 982. The lowest BCUT2D eigenvalue weighted by molar-refractivity contribution is 0.483. The molecule has 3 aromatic rings. The standard InChI is InChI=1S/C23H20ClFN2O/c24-20-5-1-2-6-23(20)28-19-10-8-18(9-11-19)26-16-17-7-12-22(21(25)15-17)27-13-3-4-14-27/h1-2,5-12,15-16H,3-4,13-14H2. The van der Waals surface area contributed by atoms with Crippen molar-refractivity contribution < 1.29 is 9.13 Å². The molecule has 4 rings (SSSR count). The van der Waals surface area contributed by atoms with Crippen LogP contribution in [0.2, 0.25) is 5.02 Å². The van der Waals surface area contributed by atoms with Crippen LogP contribution in [0.3, 0.4) is 0 Å². The Morgan fingerprint density at radius 1 is 0.964 bits per heavy atom. The third-order valence-corrected chi connectivity index (χ3v) is 4.99. The predicted molar refractivity (Wildman–Crippen MR) is 113 cm³/mol. The first kappa shape index (κ1) is 18.5. The molecule has 0 unspecified atom stereocenters. The van der Waals surface area contributed by atoms with Crippen molar-refractivity contribution >= 4 is 29.2 Å². The van der Waals surface area contributed by atoms with E-state index in [1.54, 1.807) is 12.3 Å². The van der Waals surface area contributed by atoms with Crippen molar-refractivity contribution in [3.63, 3.8) is 0 Å². The van der Waals surface area contributed by atoms with Crippen LogP contribution in [0, 0.1) is 5.82 Å². The van der Waals surface area contributed by atoms with Gasteiger partial charge in [0.2, 0.25) is 0 Å². The smallest absolute Gasteiger partial charge is 0.147 e. The Balaban J connectivity index is 1.43. The summed E-state index contributed by atoms with van der Waals surface area (Å²) in [7, 11) is 0. The van der Waals surface area contributed by atoms with Crippen molar-refractivity contribution in [3.8, 4) is 11.5 Å². The van der Waals surface area contributed by atoms with Gasteiger partial charge < -0.3 is 9.64 Å². The van der Waals surface area contributed by atoms with Crippen molar-refractivity contribution in [2.75, 3.05) is 18.0 Å². The van der Waals surface area contributed by atoms with E-state index in [-0.39, 0.29) is 5.82 Å². The average Bonchev–Trinajstić information content (AvgIpc) is 3.24. The summed E-state index contributed by atoms with van der Waals surface area (Å²) in [6.07, 6.45) is 3.92. The fourth-order valence-electron chi connectivity index (χ4n) is 3.22. The zero-order valence-electron chi connectivity index (χ0n) is 15.3. The Kier molecular flexibility index (Phi) is 5.58. The minimum Gasteiger partial charge on any atom is -0.456 e. The van der Waals surface area contributed by atoms with Crippen LogP contribution < -0.4 is 9.64 Å². The Morgan fingerprint density at radius 3 is 2.43 bits per heavy atom. The molecule has 0 atom stereocenters. The first-order valence-corrected chi connectivity index (χ1v) is 9.68. The summed E-state index contributed by atoms with van der Waals surface area (Å²) < 4.78 is 20.2. The molecule has 0 radical (unpaired) electrons. The molecule has 1 fully saturated rings. The zero-order chi connectivity index (χ0) is 19.3. The van der Waals surface area contributed by atoms with Crippen LogP contribution in [-0.4, -0.2) is 19.3 Å². The van der Waals surface area contributed by atoms with Crippen LogP contribution in [0.25, 0.3) is 0 Å². The van der Waals surface area contributed by atoms with Crippen LogP contribution in [-0.2, 0) is 0 Å². The quantitative estimate of drug-likeness (QED) is 0.454.